The SMILES string of the molecule is Nc1cnc(C(F)(F)F)c(C(F)(F)F)c1. The summed E-state index contributed by atoms with van der Waals surface area (Å²) in [6, 6.07) is 0.204. The molecule has 0 fully saturated rings. The van der Waals surface area contributed by atoms with Gasteiger partial charge in [-0.1, -0.05) is 0 Å². The quantitative estimate of drug-likeness (QED) is 0.696. The van der Waals surface area contributed by atoms with Gasteiger partial charge in [-0.25, -0.2) is 4.98 Å². The number of hydrogen-bond acceptors (Lipinski definition) is 2. The summed E-state index contributed by atoms with van der Waals surface area (Å²) in [5.41, 5.74) is 0.599. The zero-order valence-electron chi connectivity index (χ0n) is 6.95. The third-order valence-corrected chi connectivity index (χ3v) is 1.48. The molecule has 0 amide bonds. The minimum atomic E-state index is -5.15. The van der Waals surface area contributed by atoms with Crippen LogP contribution in [-0.2, 0) is 12.4 Å². The predicted octanol–water partition coefficient (Wildman–Crippen LogP) is 2.70. The Morgan fingerprint density at radius 2 is 1.53 bits per heavy atom. The summed E-state index contributed by atoms with van der Waals surface area (Å²) in [7, 11) is 0. The van der Waals surface area contributed by atoms with Crippen molar-refractivity contribution in [2.45, 2.75) is 12.4 Å². The molecule has 2 N–H and O–H groups in total. The molecule has 0 aliphatic carbocycles. The molecule has 0 aromatic carbocycles. The molecule has 15 heavy (non-hydrogen) atoms. The highest BCUT2D eigenvalue weighted by Gasteiger charge is 2.44. The van der Waals surface area contributed by atoms with E-state index in [1.165, 1.54) is 0 Å². The van der Waals surface area contributed by atoms with Crippen LogP contribution in [0.5, 0.6) is 0 Å². The second-order valence-corrected chi connectivity index (χ2v) is 2.66. The molecule has 84 valence electrons. The fraction of sp³-hybridized carbons (Fsp3) is 0.286. The first-order valence-electron chi connectivity index (χ1n) is 3.52. The Morgan fingerprint density at radius 1 is 1.00 bits per heavy atom. The Kier molecular flexibility index (Phi) is 2.54. The first-order valence-corrected chi connectivity index (χ1v) is 3.52. The van der Waals surface area contributed by atoms with Crippen molar-refractivity contribution in [2.24, 2.45) is 0 Å². The molecule has 0 radical (unpaired) electrons. The summed E-state index contributed by atoms with van der Waals surface area (Å²) in [6.07, 6.45) is -9.76. The van der Waals surface area contributed by atoms with Gasteiger partial charge < -0.3 is 5.73 Å². The van der Waals surface area contributed by atoms with E-state index in [4.69, 9.17) is 5.73 Å². The number of nitrogen functional groups attached to an aromatic ring is 1. The molecular weight excluding hydrogens is 226 g/mol. The zero-order chi connectivity index (χ0) is 11.9. The Labute approximate surface area is 79.7 Å². The second-order valence-electron chi connectivity index (χ2n) is 2.66. The van der Waals surface area contributed by atoms with Gasteiger partial charge in [0.1, 0.15) is 0 Å². The lowest BCUT2D eigenvalue weighted by atomic mass is 10.1. The summed E-state index contributed by atoms with van der Waals surface area (Å²) in [5.74, 6) is 0. The number of alkyl halides is 6. The number of nitrogens with zero attached hydrogens (tertiary/aromatic N) is 1. The number of hydrogen-bond donors (Lipinski definition) is 1. The van der Waals surface area contributed by atoms with Gasteiger partial charge in [-0.05, 0) is 6.07 Å². The van der Waals surface area contributed by atoms with Crippen molar-refractivity contribution in [3.05, 3.63) is 23.5 Å². The number of nitrogens with two attached hydrogens (primary N) is 1. The van der Waals surface area contributed by atoms with E-state index < -0.39 is 29.3 Å². The van der Waals surface area contributed by atoms with Crippen molar-refractivity contribution >= 4 is 5.69 Å². The Balaban J connectivity index is 3.41. The highest BCUT2D eigenvalue weighted by molar-refractivity contribution is 5.42. The number of halogens is 6. The van der Waals surface area contributed by atoms with Crippen molar-refractivity contribution in [1.82, 2.24) is 4.98 Å². The van der Waals surface area contributed by atoms with Gasteiger partial charge in [-0.2, -0.15) is 26.3 Å². The van der Waals surface area contributed by atoms with E-state index in [0.29, 0.717) is 6.20 Å². The van der Waals surface area contributed by atoms with Crippen molar-refractivity contribution in [1.29, 1.82) is 0 Å². The van der Waals surface area contributed by atoms with Crippen LogP contribution < -0.4 is 5.73 Å². The molecule has 0 aliphatic heterocycles. The van der Waals surface area contributed by atoms with Gasteiger partial charge >= 0.3 is 12.4 Å². The minimum Gasteiger partial charge on any atom is -0.397 e. The molecule has 0 unspecified atom stereocenters. The largest absolute Gasteiger partial charge is 0.433 e. The highest BCUT2D eigenvalue weighted by atomic mass is 19.4. The van der Waals surface area contributed by atoms with Crippen LogP contribution >= 0.6 is 0 Å². The molecule has 1 aromatic heterocycles. The second kappa shape index (κ2) is 3.28. The lowest BCUT2D eigenvalue weighted by molar-refractivity contribution is -0.164. The molecule has 8 heteroatoms. The topological polar surface area (TPSA) is 38.9 Å². The Hall–Kier alpha value is -1.47. The van der Waals surface area contributed by atoms with E-state index in [9.17, 15) is 26.3 Å². The van der Waals surface area contributed by atoms with E-state index in [1.54, 1.807) is 0 Å². The van der Waals surface area contributed by atoms with Crippen molar-refractivity contribution in [3.63, 3.8) is 0 Å². The van der Waals surface area contributed by atoms with E-state index in [-0.39, 0.29) is 6.07 Å². The summed E-state index contributed by atoms with van der Waals surface area (Å²) in [6.45, 7) is 0. The van der Waals surface area contributed by atoms with Crippen LogP contribution in [0.1, 0.15) is 11.3 Å². The molecule has 1 aromatic rings. The lowest BCUT2D eigenvalue weighted by Gasteiger charge is -2.14. The van der Waals surface area contributed by atoms with E-state index in [0.717, 1.165) is 0 Å². The van der Waals surface area contributed by atoms with Gasteiger partial charge in [0.2, 0.25) is 0 Å². The molecule has 1 heterocycles. The fourth-order valence-corrected chi connectivity index (χ4v) is 0.923. The molecule has 1 rings (SSSR count). The van der Waals surface area contributed by atoms with Crippen molar-refractivity contribution < 1.29 is 26.3 Å². The van der Waals surface area contributed by atoms with Crippen molar-refractivity contribution in [2.75, 3.05) is 5.73 Å². The number of pyridine rings is 1. The maximum atomic E-state index is 12.2. The monoisotopic (exact) mass is 230 g/mol. The third kappa shape index (κ3) is 2.51. The molecule has 2 nitrogen and oxygen atoms in total. The molecule has 0 aliphatic rings. The average Bonchev–Trinajstić information content (AvgIpc) is 2.00. The minimum absolute atomic E-state index is 0.204. The van der Waals surface area contributed by atoms with E-state index in [2.05, 4.69) is 4.98 Å². The molecule has 0 saturated carbocycles. The molecule has 0 saturated heterocycles. The third-order valence-electron chi connectivity index (χ3n) is 1.48. The van der Waals surface area contributed by atoms with Crippen LogP contribution in [0.3, 0.4) is 0 Å². The van der Waals surface area contributed by atoms with Crippen LogP contribution in [-0.4, -0.2) is 4.98 Å². The average molecular weight is 230 g/mol. The maximum absolute atomic E-state index is 12.2. The number of anilines is 1. The normalized spacial score (nSPS) is 12.9. The fourth-order valence-electron chi connectivity index (χ4n) is 0.923. The van der Waals surface area contributed by atoms with E-state index in [1.807, 2.05) is 0 Å². The predicted molar refractivity (Wildman–Crippen MR) is 38.7 cm³/mol. The van der Waals surface area contributed by atoms with Crippen LogP contribution in [0.15, 0.2) is 12.3 Å². The number of rotatable bonds is 0. The maximum Gasteiger partial charge on any atom is 0.433 e. The van der Waals surface area contributed by atoms with Gasteiger partial charge in [0.25, 0.3) is 0 Å². The van der Waals surface area contributed by atoms with Crippen LogP contribution in [0.25, 0.3) is 0 Å². The Bertz CT molecular complexity index is 367. The van der Waals surface area contributed by atoms with Gasteiger partial charge in [0.05, 0.1) is 17.4 Å². The smallest absolute Gasteiger partial charge is 0.397 e. The molecular formula is C7H4F6N2. The van der Waals surface area contributed by atoms with E-state index >= 15 is 0 Å². The van der Waals surface area contributed by atoms with Crippen LogP contribution in [0.4, 0.5) is 32.0 Å². The van der Waals surface area contributed by atoms with Gasteiger partial charge in [0, 0.05) is 0 Å². The van der Waals surface area contributed by atoms with Crippen LogP contribution in [0, 0.1) is 0 Å². The highest BCUT2D eigenvalue weighted by Crippen LogP contribution is 2.39. The summed E-state index contributed by atoms with van der Waals surface area (Å²) in [4.78, 5) is 2.65. The first-order chi connectivity index (χ1) is 6.62. The van der Waals surface area contributed by atoms with Gasteiger partial charge in [-0.15, -0.1) is 0 Å². The number of aromatic nitrogens is 1. The molecule has 0 spiro atoms. The zero-order valence-corrected chi connectivity index (χ0v) is 6.95. The summed E-state index contributed by atoms with van der Waals surface area (Å²) >= 11 is 0. The summed E-state index contributed by atoms with van der Waals surface area (Å²) < 4.78 is 72.8. The van der Waals surface area contributed by atoms with Gasteiger partial charge in [0.15, 0.2) is 5.69 Å². The Morgan fingerprint density at radius 3 is 1.93 bits per heavy atom. The van der Waals surface area contributed by atoms with Crippen LogP contribution in [0.2, 0.25) is 0 Å². The first kappa shape index (κ1) is 11.6. The van der Waals surface area contributed by atoms with Gasteiger partial charge in [-0.3, -0.25) is 0 Å². The molecule has 0 bridgehead atoms. The molecule has 0 atom stereocenters. The lowest BCUT2D eigenvalue weighted by Crippen LogP contribution is -2.18. The summed E-state index contributed by atoms with van der Waals surface area (Å²) in [5, 5.41) is 0. The standard InChI is InChI=1S/C7H4F6N2/c8-6(9,10)4-1-3(14)2-15-5(4)7(11,12)13/h1-2H,14H2. The van der Waals surface area contributed by atoms with Crippen molar-refractivity contribution in [3.8, 4) is 0 Å².